The van der Waals surface area contributed by atoms with Crippen molar-refractivity contribution in [2.24, 2.45) is 0 Å². The van der Waals surface area contributed by atoms with Crippen LogP contribution in [-0.4, -0.2) is 40.2 Å². The standard InChI is InChI=1S/C13H18FNO3S/c1-16-11-8(10-7-15-4-5-18-10)6-9(14)13(19-3)12(11)17-2/h6,10,15H,4-5,7H2,1-3H3. The molecule has 0 aliphatic carbocycles. The van der Waals surface area contributed by atoms with Gasteiger partial charge in [-0.05, 0) is 12.3 Å². The van der Waals surface area contributed by atoms with Gasteiger partial charge in [-0.2, -0.15) is 0 Å². The number of hydrogen-bond acceptors (Lipinski definition) is 5. The molecule has 1 heterocycles. The molecule has 1 fully saturated rings. The lowest BCUT2D eigenvalue weighted by Gasteiger charge is -2.26. The summed E-state index contributed by atoms with van der Waals surface area (Å²) in [7, 11) is 3.07. The largest absolute Gasteiger partial charge is 0.492 e. The first-order valence-corrected chi connectivity index (χ1v) is 7.26. The van der Waals surface area contributed by atoms with Gasteiger partial charge in [-0.25, -0.2) is 4.39 Å². The minimum absolute atomic E-state index is 0.219. The van der Waals surface area contributed by atoms with Crippen LogP contribution in [-0.2, 0) is 4.74 Å². The highest BCUT2D eigenvalue weighted by Gasteiger charge is 2.26. The summed E-state index contributed by atoms with van der Waals surface area (Å²) in [5.74, 6) is 0.662. The average molecular weight is 287 g/mol. The van der Waals surface area contributed by atoms with Crippen molar-refractivity contribution in [3.8, 4) is 11.5 Å². The normalized spacial score (nSPS) is 19.3. The summed E-state index contributed by atoms with van der Waals surface area (Å²) in [6.07, 6.45) is 1.58. The fraction of sp³-hybridized carbons (Fsp3) is 0.538. The van der Waals surface area contributed by atoms with Gasteiger partial charge in [0.05, 0.1) is 31.8 Å². The van der Waals surface area contributed by atoms with Gasteiger partial charge in [0.25, 0.3) is 0 Å². The molecule has 0 saturated carbocycles. The van der Waals surface area contributed by atoms with E-state index in [9.17, 15) is 4.39 Å². The van der Waals surface area contributed by atoms with Crippen LogP contribution in [0.25, 0.3) is 0 Å². The van der Waals surface area contributed by atoms with Gasteiger partial charge in [-0.3, -0.25) is 0 Å². The number of thioether (sulfide) groups is 1. The Morgan fingerprint density at radius 3 is 2.63 bits per heavy atom. The van der Waals surface area contributed by atoms with E-state index < -0.39 is 0 Å². The molecular weight excluding hydrogens is 269 g/mol. The summed E-state index contributed by atoms with van der Waals surface area (Å²) in [5, 5.41) is 3.22. The van der Waals surface area contributed by atoms with Crippen LogP contribution in [0.3, 0.4) is 0 Å². The zero-order valence-corrected chi connectivity index (χ0v) is 12.1. The zero-order valence-electron chi connectivity index (χ0n) is 11.3. The van der Waals surface area contributed by atoms with Gasteiger partial charge in [0.1, 0.15) is 5.82 Å². The van der Waals surface area contributed by atoms with Crippen molar-refractivity contribution < 1.29 is 18.6 Å². The molecule has 0 amide bonds. The van der Waals surface area contributed by atoms with E-state index in [1.165, 1.54) is 24.9 Å². The van der Waals surface area contributed by atoms with E-state index in [-0.39, 0.29) is 11.9 Å². The third kappa shape index (κ3) is 2.80. The molecule has 6 heteroatoms. The second-order valence-electron chi connectivity index (χ2n) is 4.11. The van der Waals surface area contributed by atoms with E-state index >= 15 is 0 Å². The van der Waals surface area contributed by atoms with Crippen LogP contribution in [0.2, 0.25) is 0 Å². The molecule has 1 aliphatic rings. The van der Waals surface area contributed by atoms with Gasteiger partial charge >= 0.3 is 0 Å². The first kappa shape index (κ1) is 14.4. The van der Waals surface area contributed by atoms with E-state index in [2.05, 4.69) is 5.32 Å². The van der Waals surface area contributed by atoms with Crippen LogP contribution < -0.4 is 14.8 Å². The van der Waals surface area contributed by atoms with Crippen LogP contribution in [0.1, 0.15) is 11.7 Å². The Bertz CT molecular complexity index is 450. The van der Waals surface area contributed by atoms with Gasteiger partial charge < -0.3 is 19.5 Å². The van der Waals surface area contributed by atoms with Crippen LogP contribution >= 0.6 is 11.8 Å². The van der Waals surface area contributed by atoms with E-state index in [4.69, 9.17) is 14.2 Å². The van der Waals surface area contributed by atoms with Crippen molar-refractivity contribution in [3.05, 3.63) is 17.4 Å². The highest BCUT2D eigenvalue weighted by molar-refractivity contribution is 7.98. The highest BCUT2D eigenvalue weighted by Crippen LogP contribution is 2.44. The lowest BCUT2D eigenvalue weighted by molar-refractivity contribution is 0.0257. The first-order chi connectivity index (χ1) is 9.22. The molecule has 4 nitrogen and oxygen atoms in total. The summed E-state index contributed by atoms with van der Waals surface area (Å²) in [4.78, 5) is 0.451. The van der Waals surface area contributed by atoms with Crippen molar-refractivity contribution in [2.75, 3.05) is 40.2 Å². The maximum absolute atomic E-state index is 14.1. The third-order valence-electron chi connectivity index (χ3n) is 3.06. The predicted octanol–water partition coefficient (Wildman–Crippen LogP) is 2.23. The molecule has 1 N–H and O–H groups in total. The number of halogens is 1. The van der Waals surface area contributed by atoms with Gasteiger partial charge in [0, 0.05) is 18.7 Å². The van der Waals surface area contributed by atoms with Crippen molar-refractivity contribution in [2.45, 2.75) is 11.0 Å². The van der Waals surface area contributed by atoms with E-state index in [0.29, 0.717) is 35.1 Å². The number of ether oxygens (including phenoxy) is 3. The SMILES string of the molecule is COc1c(C2CNCCO2)cc(F)c(SC)c1OC. The Morgan fingerprint density at radius 2 is 2.11 bits per heavy atom. The van der Waals surface area contributed by atoms with Gasteiger partial charge in [0.15, 0.2) is 11.5 Å². The first-order valence-electron chi connectivity index (χ1n) is 6.03. The smallest absolute Gasteiger partial charge is 0.177 e. The Kier molecular flexibility index (Phi) is 4.90. The fourth-order valence-electron chi connectivity index (χ4n) is 2.20. The Morgan fingerprint density at radius 1 is 1.37 bits per heavy atom. The molecule has 0 spiro atoms. The zero-order chi connectivity index (χ0) is 13.8. The number of nitrogens with one attached hydrogen (secondary N) is 1. The molecule has 1 saturated heterocycles. The van der Waals surface area contributed by atoms with Crippen molar-refractivity contribution in [1.29, 1.82) is 0 Å². The number of methoxy groups -OCH3 is 2. The molecule has 0 aromatic heterocycles. The Balaban J connectivity index is 2.50. The third-order valence-corrected chi connectivity index (χ3v) is 3.85. The van der Waals surface area contributed by atoms with E-state index in [1.807, 2.05) is 0 Å². The van der Waals surface area contributed by atoms with Gasteiger partial charge in [-0.1, -0.05) is 0 Å². The van der Waals surface area contributed by atoms with Crippen LogP contribution in [0.5, 0.6) is 11.5 Å². The molecule has 1 aliphatic heterocycles. The maximum atomic E-state index is 14.1. The fourth-order valence-corrected chi connectivity index (χ4v) is 2.82. The second-order valence-corrected chi connectivity index (χ2v) is 4.93. The second kappa shape index (κ2) is 6.45. The molecule has 1 unspecified atom stereocenters. The molecular formula is C13H18FNO3S. The number of rotatable bonds is 4. The van der Waals surface area contributed by atoms with Crippen LogP contribution in [0.4, 0.5) is 4.39 Å². The summed E-state index contributed by atoms with van der Waals surface area (Å²) in [6, 6.07) is 1.48. The van der Waals surface area contributed by atoms with E-state index in [0.717, 1.165) is 6.54 Å². The maximum Gasteiger partial charge on any atom is 0.177 e. The molecule has 0 bridgehead atoms. The number of hydrogen-bond donors (Lipinski definition) is 1. The predicted molar refractivity (Wildman–Crippen MR) is 72.8 cm³/mol. The van der Waals surface area contributed by atoms with E-state index in [1.54, 1.807) is 13.4 Å². The van der Waals surface area contributed by atoms with Gasteiger partial charge in [-0.15, -0.1) is 11.8 Å². The molecule has 1 atom stereocenters. The van der Waals surface area contributed by atoms with Gasteiger partial charge in [0.2, 0.25) is 0 Å². The lowest BCUT2D eigenvalue weighted by atomic mass is 10.1. The molecule has 106 valence electrons. The van der Waals surface area contributed by atoms with Crippen molar-refractivity contribution in [1.82, 2.24) is 5.32 Å². The summed E-state index contributed by atoms with van der Waals surface area (Å²) < 4.78 is 30.5. The summed E-state index contributed by atoms with van der Waals surface area (Å²) in [6.45, 7) is 2.04. The molecule has 1 aromatic rings. The summed E-state index contributed by atoms with van der Waals surface area (Å²) in [5.41, 5.74) is 0.682. The lowest BCUT2D eigenvalue weighted by Crippen LogP contribution is -2.33. The number of benzene rings is 1. The highest BCUT2D eigenvalue weighted by atomic mass is 32.2. The van der Waals surface area contributed by atoms with Crippen molar-refractivity contribution in [3.63, 3.8) is 0 Å². The Hall–Kier alpha value is -0.980. The number of morpholine rings is 1. The quantitative estimate of drug-likeness (QED) is 0.860. The summed E-state index contributed by atoms with van der Waals surface area (Å²) >= 11 is 1.30. The minimum atomic E-state index is -0.311. The van der Waals surface area contributed by atoms with Crippen molar-refractivity contribution >= 4 is 11.8 Å². The molecule has 1 aromatic carbocycles. The topological polar surface area (TPSA) is 39.7 Å². The molecule has 2 rings (SSSR count). The average Bonchev–Trinajstić information content (AvgIpc) is 2.46. The molecule has 19 heavy (non-hydrogen) atoms. The monoisotopic (exact) mass is 287 g/mol. The molecule has 0 radical (unpaired) electrons. The van der Waals surface area contributed by atoms with Crippen LogP contribution in [0.15, 0.2) is 11.0 Å². The minimum Gasteiger partial charge on any atom is -0.492 e. The van der Waals surface area contributed by atoms with Crippen LogP contribution in [0, 0.1) is 5.82 Å². The Labute approximate surface area is 116 Å².